The monoisotopic (exact) mass is 391 g/mol. The Morgan fingerprint density at radius 2 is 1.93 bits per heavy atom. The summed E-state index contributed by atoms with van der Waals surface area (Å²) in [6.45, 7) is 5.03. The molecule has 1 fully saturated rings. The van der Waals surface area contributed by atoms with Gasteiger partial charge in [0.05, 0.1) is 12.3 Å². The van der Waals surface area contributed by atoms with E-state index in [-0.39, 0.29) is 23.9 Å². The molecule has 8 nitrogen and oxygen atoms in total. The fourth-order valence-electron chi connectivity index (χ4n) is 2.98. The molecule has 1 N–H and O–H groups in total. The van der Waals surface area contributed by atoms with Gasteiger partial charge >= 0.3 is 6.09 Å². The summed E-state index contributed by atoms with van der Waals surface area (Å²) < 4.78 is 6.61. The first kappa shape index (κ1) is 19.2. The molecule has 9 heteroatoms. The average molecular weight is 392 g/mol. The number of halogens is 1. The molecule has 0 saturated carbocycles. The van der Waals surface area contributed by atoms with Crippen LogP contribution in [-0.2, 0) is 4.74 Å². The van der Waals surface area contributed by atoms with Gasteiger partial charge in [-0.25, -0.2) is 14.5 Å². The Morgan fingerprint density at radius 1 is 1.26 bits per heavy atom. The zero-order chi connectivity index (χ0) is 19.4. The number of rotatable bonds is 4. The van der Waals surface area contributed by atoms with Gasteiger partial charge in [0.2, 0.25) is 5.82 Å². The van der Waals surface area contributed by atoms with Crippen molar-refractivity contribution < 1.29 is 14.3 Å². The van der Waals surface area contributed by atoms with E-state index in [1.54, 1.807) is 35.6 Å². The smallest absolute Gasteiger partial charge is 0.409 e. The van der Waals surface area contributed by atoms with E-state index < -0.39 is 0 Å². The summed E-state index contributed by atoms with van der Waals surface area (Å²) in [5.74, 6) is 0.412. The van der Waals surface area contributed by atoms with Crippen LogP contribution < -0.4 is 5.32 Å². The number of aryl methyl sites for hydroxylation is 1. The average Bonchev–Trinajstić information content (AvgIpc) is 3.05. The van der Waals surface area contributed by atoms with Gasteiger partial charge in [-0.1, -0.05) is 11.6 Å². The van der Waals surface area contributed by atoms with E-state index in [1.165, 1.54) is 0 Å². The van der Waals surface area contributed by atoms with Crippen molar-refractivity contribution in [1.29, 1.82) is 0 Å². The second-order valence-corrected chi connectivity index (χ2v) is 6.74. The SMILES string of the molecule is CCOC(=O)N1CCC(NC(=O)c2nc(C)n(-c3ccc(Cl)cc3)n2)CC1. The number of nitrogens with one attached hydrogen (secondary N) is 1. The lowest BCUT2D eigenvalue weighted by Crippen LogP contribution is -2.46. The predicted molar refractivity (Wildman–Crippen MR) is 100 cm³/mol. The number of likely N-dealkylation sites (tertiary alicyclic amines) is 1. The highest BCUT2D eigenvalue weighted by Crippen LogP contribution is 2.15. The van der Waals surface area contributed by atoms with Crippen LogP contribution in [0.1, 0.15) is 36.2 Å². The zero-order valence-electron chi connectivity index (χ0n) is 15.3. The maximum absolute atomic E-state index is 12.5. The Hall–Kier alpha value is -2.61. The summed E-state index contributed by atoms with van der Waals surface area (Å²) in [4.78, 5) is 30.2. The fourth-order valence-corrected chi connectivity index (χ4v) is 3.11. The van der Waals surface area contributed by atoms with Crippen molar-refractivity contribution in [1.82, 2.24) is 25.0 Å². The van der Waals surface area contributed by atoms with Crippen LogP contribution in [-0.4, -0.2) is 57.4 Å². The number of nitrogens with zero attached hydrogens (tertiary/aromatic N) is 4. The van der Waals surface area contributed by atoms with Gasteiger partial charge in [-0.05, 0) is 51.0 Å². The summed E-state index contributed by atoms with van der Waals surface area (Å²) in [5, 5.41) is 7.89. The first-order valence-corrected chi connectivity index (χ1v) is 9.28. The van der Waals surface area contributed by atoms with Crippen molar-refractivity contribution in [2.24, 2.45) is 0 Å². The molecule has 0 bridgehead atoms. The molecular formula is C18H22ClN5O3. The van der Waals surface area contributed by atoms with Crippen LogP contribution in [0.2, 0.25) is 5.02 Å². The van der Waals surface area contributed by atoms with Gasteiger partial charge in [-0.3, -0.25) is 4.79 Å². The minimum atomic E-state index is -0.319. The van der Waals surface area contributed by atoms with Crippen LogP contribution in [0.4, 0.5) is 4.79 Å². The topological polar surface area (TPSA) is 89.4 Å². The minimum absolute atomic E-state index is 0.0223. The number of hydrogen-bond donors (Lipinski definition) is 1. The number of benzene rings is 1. The van der Waals surface area contributed by atoms with Crippen LogP contribution in [0, 0.1) is 6.92 Å². The third kappa shape index (κ3) is 4.57. The van der Waals surface area contributed by atoms with E-state index in [0.717, 1.165) is 5.69 Å². The second-order valence-electron chi connectivity index (χ2n) is 6.30. The molecular weight excluding hydrogens is 370 g/mol. The lowest BCUT2D eigenvalue weighted by Gasteiger charge is -2.31. The standard InChI is InChI=1S/C18H22ClN5O3/c1-3-27-18(26)23-10-8-14(9-11-23)21-17(25)16-20-12(2)24(22-16)15-6-4-13(19)5-7-15/h4-7,14H,3,8-11H2,1-2H3,(H,21,25). The maximum Gasteiger partial charge on any atom is 0.409 e. The fraction of sp³-hybridized carbons (Fsp3) is 0.444. The third-order valence-electron chi connectivity index (χ3n) is 4.40. The molecule has 2 heterocycles. The lowest BCUT2D eigenvalue weighted by atomic mass is 10.1. The normalized spacial score (nSPS) is 14.9. The minimum Gasteiger partial charge on any atom is -0.450 e. The molecule has 0 spiro atoms. The highest BCUT2D eigenvalue weighted by molar-refractivity contribution is 6.30. The largest absolute Gasteiger partial charge is 0.450 e. The molecule has 0 unspecified atom stereocenters. The van der Waals surface area contributed by atoms with Crippen molar-refractivity contribution in [2.75, 3.05) is 19.7 Å². The lowest BCUT2D eigenvalue weighted by molar-refractivity contribution is 0.0853. The van der Waals surface area contributed by atoms with E-state index >= 15 is 0 Å². The summed E-state index contributed by atoms with van der Waals surface area (Å²) in [7, 11) is 0. The van der Waals surface area contributed by atoms with E-state index in [2.05, 4.69) is 15.4 Å². The summed E-state index contributed by atoms with van der Waals surface area (Å²) in [5.41, 5.74) is 0.784. The summed E-state index contributed by atoms with van der Waals surface area (Å²) in [6, 6.07) is 7.13. The molecule has 1 saturated heterocycles. The maximum atomic E-state index is 12.5. The molecule has 2 amide bonds. The molecule has 1 aromatic heterocycles. The van der Waals surface area contributed by atoms with E-state index in [4.69, 9.17) is 16.3 Å². The number of carbonyl (C=O) groups excluding carboxylic acids is 2. The molecule has 27 heavy (non-hydrogen) atoms. The van der Waals surface area contributed by atoms with Gasteiger partial charge in [-0.15, -0.1) is 5.10 Å². The summed E-state index contributed by atoms with van der Waals surface area (Å²) >= 11 is 5.91. The molecule has 144 valence electrons. The van der Waals surface area contributed by atoms with Crippen LogP contribution in [0.15, 0.2) is 24.3 Å². The molecule has 0 radical (unpaired) electrons. The number of hydrogen-bond acceptors (Lipinski definition) is 5. The van der Waals surface area contributed by atoms with Crippen molar-refractivity contribution >= 4 is 23.6 Å². The van der Waals surface area contributed by atoms with Crippen LogP contribution in [0.3, 0.4) is 0 Å². The number of aromatic nitrogens is 3. The molecule has 3 rings (SSSR count). The molecule has 2 aromatic rings. The Bertz CT molecular complexity index is 813. The predicted octanol–water partition coefficient (Wildman–Crippen LogP) is 2.58. The van der Waals surface area contributed by atoms with Crippen molar-refractivity contribution in [3.8, 4) is 5.69 Å². The molecule has 1 aromatic carbocycles. The van der Waals surface area contributed by atoms with Gasteiger partial charge in [0, 0.05) is 24.2 Å². The quantitative estimate of drug-likeness (QED) is 0.865. The number of carbonyl (C=O) groups is 2. The van der Waals surface area contributed by atoms with Gasteiger partial charge in [0.25, 0.3) is 5.91 Å². The van der Waals surface area contributed by atoms with Gasteiger partial charge < -0.3 is 15.0 Å². The Kier molecular flexibility index (Phi) is 5.95. The first-order valence-electron chi connectivity index (χ1n) is 8.90. The van der Waals surface area contributed by atoms with E-state index in [0.29, 0.717) is 43.4 Å². The van der Waals surface area contributed by atoms with Crippen LogP contribution in [0.25, 0.3) is 5.69 Å². The number of piperidine rings is 1. The molecule has 0 atom stereocenters. The Morgan fingerprint density at radius 3 is 2.56 bits per heavy atom. The second kappa shape index (κ2) is 8.39. The zero-order valence-corrected chi connectivity index (χ0v) is 16.1. The highest BCUT2D eigenvalue weighted by atomic mass is 35.5. The van der Waals surface area contributed by atoms with Gasteiger partial charge in [0.1, 0.15) is 5.82 Å². The first-order chi connectivity index (χ1) is 13.0. The van der Waals surface area contributed by atoms with Crippen LogP contribution in [0.5, 0.6) is 0 Å². The number of amides is 2. The van der Waals surface area contributed by atoms with Crippen LogP contribution >= 0.6 is 11.6 Å². The van der Waals surface area contributed by atoms with E-state index in [1.807, 2.05) is 12.1 Å². The summed E-state index contributed by atoms with van der Waals surface area (Å²) in [6.07, 6.45) is 1.03. The highest BCUT2D eigenvalue weighted by Gasteiger charge is 2.26. The number of ether oxygens (including phenoxy) is 1. The van der Waals surface area contributed by atoms with E-state index in [9.17, 15) is 9.59 Å². The Balaban J connectivity index is 1.60. The molecule has 1 aliphatic rings. The molecule has 0 aliphatic carbocycles. The van der Waals surface area contributed by atoms with Gasteiger partial charge in [-0.2, -0.15) is 0 Å². The van der Waals surface area contributed by atoms with Crippen molar-refractivity contribution in [2.45, 2.75) is 32.7 Å². The third-order valence-corrected chi connectivity index (χ3v) is 4.65. The van der Waals surface area contributed by atoms with Crippen molar-refractivity contribution in [3.05, 3.63) is 40.9 Å². The van der Waals surface area contributed by atoms with Crippen molar-refractivity contribution in [3.63, 3.8) is 0 Å². The molecule has 1 aliphatic heterocycles. The Labute approximate surface area is 162 Å². The van der Waals surface area contributed by atoms with Gasteiger partial charge in [0.15, 0.2) is 0 Å².